The number of rotatable bonds is 13. The number of aromatic amines is 1. The van der Waals surface area contributed by atoms with Gasteiger partial charge in [0.25, 0.3) is 5.56 Å². The van der Waals surface area contributed by atoms with Crippen molar-refractivity contribution in [3.63, 3.8) is 0 Å². The molecule has 53 heavy (non-hydrogen) atoms. The number of phenolic OH excluding ortho intramolecular Hbond substituents is 1. The number of carbonyl (C=O) groups is 2. The summed E-state index contributed by atoms with van der Waals surface area (Å²) in [6.07, 6.45) is 1.85. The average molecular weight is 732 g/mol. The molecule has 5 atom stereocenters. The average Bonchev–Trinajstić information content (AvgIpc) is 3.78. The minimum atomic E-state index is -1.08. The number of methoxy groups -OCH3 is 2. The van der Waals surface area contributed by atoms with E-state index in [1.54, 1.807) is 12.1 Å². The third-order valence-corrected chi connectivity index (χ3v) is 10.0. The molecule has 0 amide bonds. The maximum absolute atomic E-state index is 13.9. The predicted octanol–water partition coefficient (Wildman–Crippen LogP) is 3.33. The van der Waals surface area contributed by atoms with Crippen molar-refractivity contribution < 1.29 is 47.5 Å². The second kappa shape index (κ2) is 15.0. The molecule has 1 aromatic heterocycles. The van der Waals surface area contributed by atoms with Crippen molar-refractivity contribution in [2.24, 2.45) is 11.8 Å². The number of phenols is 1. The Hall–Kier alpha value is -5.83. The number of aromatic hydroxyl groups is 1. The lowest BCUT2D eigenvalue weighted by molar-refractivity contribution is -0.146. The molecule has 0 spiro atoms. The summed E-state index contributed by atoms with van der Waals surface area (Å²) in [5, 5.41) is 14.2. The van der Waals surface area contributed by atoms with Gasteiger partial charge in [-0.2, -0.15) is 4.39 Å². The molecule has 0 bridgehead atoms. The van der Waals surface area contributed by atoms with Crippen molar-refractivity contribution >= 4 is 11.9 Å². The Morgan fingerprint density at radius 2 is 1.70 bits per heavy atom. The fraction of sp³-hybridized carbons (Fsp3) is 0.368. The van der Waals surface area contributed by atoms with Crippen molar-refractivity contribution in [3.05, 3.63) is 110 Å². The molecule has 3 aromatic carbocycles. The van der Waals surface area contributed by atoms with Gasteiger partial charge in [-0.15, -0.1) is 0 Å². The summed E-state index contributed by atoms with van der Waals surface area (Å²) >= 11 is 0. The van der Waals surface area contributed by atoms with Crippen LogP contribution in [0.2, 0.25) is 0 Å². The van der Waals surface area contributed by atoms with E-state index >= 15 is 0 Å². The quantitative estimate of drug-likeness (QED) is 0.135. The molecule has 14 nitrogen and oxygen atoms in total. The van der Waals surface area contributed by atoms with Crippen LogP contribution in [-0.4, -0.2) is 66.9 Å². The smallest absolute Gasteiger partial charge is 0.328 e. The highest BCUT2D eigenvalue weighted by molar-refractivity contribution is 5.80. The number of esters is 2. The van der Waals surface area contributed by atoms with Crippen LogP contribution in [0.5, 0.6) is 28.7 Å². The van der Waals surface area contributed by atoms with Crippen LogP contribution in [0.3, 0.4) is 0 Å². The van der Waals surface area contributed by atoms with Crippen LogP contribution in [0, 0.1) is 17.7 Å². The summed E-state index contributed by atoms with van der Waals surface area (Å²) < 4.78 is 48.7. The van der Waals surface area contributed by atoms with Crippen LogP contribution in [0.1, 0.15) is 47.1 Å². The molecule has 2 aliphatic heterocycles. The van der Waals surface area contributed by atoms with E-state index < -0.39 is 58.8 Å². The van der Waals surface area contributed by atoms with Gasteiger partial charge in [-0.1, -0.05) is 30.3 Å². The summed E-state index contributed by atoms with van der Waals surface area (Å²) in [7, 11) is 2.86. The topological polar surface area (TPSA) is 177 Å². The van der Waals surface area contributed by atoms with E-state index in [9.17, 15) is 28.7 Å². The van der Waals surface area contributed by atoms with Crippen molar-refractivity contribution in [1.82, 2.24) is 14.9 Å². The molecule has 3 N–H and O–H groups in total. The minimum absolute atomic E-state index is 0.0193. The molecule has 278 valence electrons. The van der Waals surface area contributed by atoms with E-state index in [1.807, 2.05) is 47.4 Å². The molecular weight excluding hydrogens is 693 g/mol. The number of nitrogens with one attached hydrogen (secondary N) is 2. The molecule has 15 heteroatoms. The van der Waals surface area contributed by atoms with Gasteiger partial charge in [0, 0.05) is 24.4 Å². The van der Waals surface area contributed by atoms with Crippen LogP contribution >= 0.6 is 0 Å². The molecule has 0 unspecified atom stereocenters. The highest BCUT2D eigenvalue weighted by atomic mass is 19.1. The number of unbranched alkanes of at least 4 members (excludes halogenated alkanes) is 1. The number of carbonyl (C=O) groups excluding carboxylic acids is 2. The lowest BCUT2D eigenvalue weighted by atomic mass is 9.65. The second-order valence-electron chi connectivity index (χ2n) is 13.1. The number of H-pyrrole nitrogens is 1. The van der Waals surface area contributed by atoms with Gasteiger partial charge in [0.05, 0.1) is 39.5 Å². The fourth-order valence-electron chi connectivity index (χ4n) is 7.45. The van der Waals surface area contributed by atoms with Crippen LogP contribution in [0.4, 0.5) is 4.39 Å². The Morgan fingerprint density at radius 3 is 2.40 bits per heavy atom. The van der Waals surface area contributed by atoms with Gasteiger partial charge in [0.1, 0.15) is 6.04 Å². The lowest BCUT2D eigenvalue weighted by Gasteiger charge is -2.40. The normalized spacial score (nSPS) is 20.2. The number of hydrogen-bond donors (Lipinski definition) is 3. The number of cyclic esters (lactones) is 1. The molecule has 0 radical (unpaired) electrons. The van der Waals surface area contributed by atoms with Gasteiger partial charge in [-0.05, 0) is 65.8 Å². The standard InChI is InChI=1S/C38H38FN3O11/c1-48-29-13-21(14-30(49-2)34(29)43)31-22-15-27-28(53-19-52-27)16-23(22)33(24-18-51-37(46)32(24)31)40-26(12-20-8-4-3-5-9-20)36(45)50-11-7-6-10-42-17-25(39)35(44)41-38(42)47/h3-5,8-9,13-17,24,26,31-33,40,43H,6-7,10-12,18-19H2,1-2H3,(H,41,44,47)/t24-,26-,31+,32-,33+/m0/s1. The zero-order valence-electron chi connectivity index (χ0n) is 29.0. The molecule has 1 fully saturated rings. The third-order valence-electron chi connectivity index (χ3n) is 10.0. The van der Waals surface area contributed by atoms with Crippen LogP contribution in [-0.2, 0) is 32.0 Å². The summed E-state index contributed by atoms with van der Waals surface area (Å²) in [6.45, 7) is 0.232. The molecule has 3 heterocycles. The number of fused-ring (bicyclic) bond motifs is 3. The molecular formula is C38H38FN3O11. The summed E-state index contributed by atoms with van der Waals surface area (Å²) in [5.74, 6) is -2.51. The molecule has 7 rings (SSSR count). The maximum atomic E-state index is 13.9. The van der Waals surface area contributed by atoms with Gasteiger partial charge >= 0.3 is 17.6 Å². The van der Waals surface area contributed by atoms with Gasteiger partial charge < -0.3 is 33.5 Å². The van der Waals surface area contributed by atoms with Crippen molar-refractivity contribution in [1.29, 1.82) is 0 Å². The Morgan fingerprint density at radius 1 is 1.00 bits per heavy atom. The highest BCUT2D eigenvalue weighted by Gasteiger charge is 2.53. The van der Waals surface area contributed by atoms with Crippen molar-refractivity contribution in [3.8, 4) is 28.7 Å². The first kappa shape index (κ1) is 35.6. The van der Waals surface area contributed by atoms with Crippen molar-refractivity contribution in [2.45, 2.75) is 43.8 Å². The molecule has 1 saturated heterocycles. The van der Waals surface area contributed by atoms with E-state index in [4.69, 9.17) is 28.4 Å². The molecule has 0 saturated carbocycles. The van der Waals surface area contributed by atoms with E-state index in [0.29, 0.717) is 29.9 Å². The summed E-state index contributed by atoms with van der Waals surface area (Å²) in [4.78, 5) is 52.8. The number of halogens is 1. The third kappa shape index (κ3) is 7.03. The molecule has 3 aliphatic rings. The van der Waals surface area contributed by atoms with E-state index in [-0.39, 0.29) is 50.2 Å². The minimum Gasteiger partial charge on any atom is -0.502 e. The van der Waals surface area contributed by atoms with E-state index in [1.165, 1.54) is 14.2 Å². The number of nitrogens with zero attached hydrogens (tertiary/aromatic N) is 1. The predicted molar refractivity (Wildman–Crippen MR) is 185 cm³/mol. The van der Waals surface area contributed by atoms with E-state index in [2.05, 4.69) is 5.32 Å². The molecule has 1 aliphatic carbocycles. The zero-order chi connectivity index (χ0) is 37.2. The number of aromatic nitrogens is 2. The summed E-state index contributed by atoms with van der Waals surface area (Å²) in [6, 6.07) is 15.1. The first-order valence-corrected chi connectivity index (χ1v) is 17.2. The summed E-state index contributed by atoms with van der Waals surface area (Å²) in [5.41, 5.74) is 1.22. The molecule has 4 aromatic rings. The Balaban J connectivity index is 1.19. The highest BCUT2D eigenvalue weighted by Crippen LogP contribution is 2.55. The number of hydrogen-bond acceptors (Lipinski definition) is 12. The van der Waals surface area contributed by atoms with Gasteiger partial charge in [-0.3, -0.25) is 29.3 Å². The van der Waals surface area contributed by atoms with Gasteiger partial charge in [0.15, 0.2) is 23.0 Å². The Bertz CT molecular complexity index is 2110. The van der Waals surface area contributed by atoms with E-state index in [0.717, 1.165) is 27.5 Å². The zero-order valence-corrected chi connectivity index (χ0v) is 29.0. The largest absolute Gasteiger partial charge is 0.502 e. The van der Waals surface area contributed by atoms with Gasteiger partial charge in [0.2, 0.25) is 18.4 Å². The lowest BCUT2D eigenvalue weighted by Crippen LogP contribution is -2.48. The fourth-order valence-corrected chi connectivity index (χ4v) is 7.45. The number of aryl methyl sites for hydroxylation is 1. The number of benzene rings is 3. The first-order chi connectivity index (χ1) is 25.7. The van der Waals surface area contributed by atoms with Crippen LogP contribution < -0.4 is 35.5 Å². The Kier molecular flexibility index (Phi) is 10.1. The van der Waals surface area contributed by atoms with Crippen LogP contribution in [0.15, 0.2) is 70.4 Å². The van der Waals surface area contributed by atoms with Crippen molar-refractivity contribution in [2.75, 3.05) is 34.2 Å². The monoisotopic (exact) mass is 731 g/mol. The first-order valence-electron chi connectivity index (χ1n) is 17.2. The SMILES string of the molecule is COc1cc([C@@H]2c3cc4c(cc3[C@@H](N[C@@H](Cc3ccccc3)C(=O)OCCCCn3cc(F)c(=O)[nH]c3=O)[C@H]3COC(=O)[C@H]23)OCO4)cc(OC)c1O. The van der Waals surface area contributed by atoms with Crippen LogP contribution in [0.25, 0.3) is 0 Å². The maximum Gasteiger partial charge on any atom is 0.328 e. The Labute approximate surface area is 302 Å². The number of ether oxygens (including phenoxy) is 6. The van der Waals surface area contributed by atoms with Gasteiger partial charge in [-0.25, -0.2) is 4.79 Å². The second-order valence-corrected chi connectivity index (χ2v) is 13.1.